The summed E-state index contributed by atoms with van der Waals surface area (Å²) >= 11 is 0. The highest BCUT2D eigenvalue weighted by molar-refractivity contribution is 5.94. The predicted molar refractivity (Wildman–Crippen MR) is 115 cm³/mol. The Morgan fingerprint density at radius 1 is 1.16 bits per heavy atom. The fraction of sp³-hybridized carbons (Fsp3) is 0.609. The lowest BCUT2D eigenvalue weighted by atomic mass is 10.0. The summed E-state index contributed by atoms with van der Waals surface area (Å²) in [5.41, 5.74) is 0.527. The number of amides is 1. The number of aryl methyl sites for hydroxylation is 1. The molecule has 0 unspecified atom stereocenters. The maximum Gasteiger partial charge on any atom is 0.254 e. The molecule has 168 valence electrons. The van der Waals surface area contributed by atoms with Crippen LogP contribution in [0.4, 0.5) is 0 Å². The van der Waals surface area contributed by atoms with Crippen molar-refractivity contribution >= 4 is 5.91 Å². The second kappa shape index (κ2) is 9.68. The summed E-state index contributed by atoms with van der Waals surface area (Å²) < 4.78 is 17.2. The molecule has 2 fully saturated rings. The summed E-state index contributed by atoms with van der Waals surface area (Å²) in [6, 6.07) is 6.12. The molecule has 0 spiro atoms. The second-order valence-corrected chi connectivity index (χ2v) is 8.53. The van der Waals surface area contributed by atoms with Crippen molar-refractivity contribution in [1.82, 2.24) is 20.0 Å². The van der Waals surface area contributed by atoms with Crippen molar-refractivity contribution in [2.24, 2.45) is 0 Å². The second-order valence-electron chi connectivity index (χ2n) is 8.53. The molecule has 4 rings (SSSR count). The minimum absolute atomic E-state index is 0.148. The van der Waals surface area contributed by atoms with E-state index in [0.29, 0.717) is 28.8 Å². The lowest BCUT2D eigenvalue weighted by molar-refractivity contribution is 0.0747. The Balaban J connectivity index is 1.36. The monoisotopic (exact) mass is 428 g/mol. The van der Waals surface area contributed by atoms with E-state index < -0.39 is 0 Å². The molecule has 1 saturated heterocycles. The van der Waals surface area contributed by atoms with Gasteiger partial charge in [0.2, 0.25) is 11.8 Å². The number of hydrogen-bond acceptors (Lipinski definition) is 7. The Morgan fingerprint density at radius 2 is 1.90 bits per heavy atom. The van der Waals surface area contributed by atoms with E-state index in [9.17, 15) is 4.79 Å². The third kappa shape index (κ3) is 5.18. The topological polar surface area (TPSA) is 80.9 Å². The first-order chi connectivity index (χ1) is 15.0. The van der Waals surface area contributed by atoms with Crippen molar-refractivity contribution in [3.05, 3.63) is 35.5 Å². The minimum atomic E-state index is -0.148. The number of nitrogens with zero attached hydrogens (tertiary/aromatic N) is 4. The van der Waals surface area contributed by atoms with Crippen LogP contribution in [0.25, 0.3) is 0 Å². The van der Waals surface area contributed by atoms with Gasteiger partial charge in [-0.15, -0.1) is 10.2 Å². The van der Waals surface area contributed by atoms with E-state index in [1.807, 2.05) is 6.07 Å². The zero-order valence-corrected chi connectivity index (χ0v) is 18.7. The van der Waals surface area contributed by atoms with Crippen molar-refractivity contribution in [3.63, 3.8) is 0 Å². The van der Waals surface area contributed by atoms with Crippen LogP contribution >= 0.6 is 0 Å². The highest BCUT2D eigenvalue weighted by atomic mass is 16.5. The molecule has 1 aliphatic carbocycles. The zero-order chi connectivity index (χ0) is 21.8. The lowest BCUT2D eigenvalue weighted by Gasteiger charge is -2.36. The number of methoxy groups -OCH3 is 1. The van der Waals surface area contributed by atoms with Crippen LogP contribution < -0.4 is 9.47 Å². The van der Waals surface area contributed by atoms with E-state index in [1.54, 1.807) is 38.1 Å². The van der Waals surface area contributed by atoms with Crippen molar-refractivity contribution in [3.8, 4) is 11.5 Å². The predicted octanol–water partition coefficient (Wildman–Crippen LogP) is 3.44. The Hall–Kier alpha value is -2.61. The first-order valence-corrected chi connectivity index (χ1v) is 11.2. The summed E-state index contributed by atoms with van der Waals surface area (Å²) in [7, 11) is 3.31. The van der Waals surface area contributed by atoms with Gasteiger partial charge in [0.15, 0.2) is 11.5 Å². The highest BCUT2D eigenvalue weighted by Crippen LogP contribution is 2.32. The van der Waals surface area contributed by atoms with Crippen LogP contribution in [0.2, 0.25) is 0 Å². The van der Waals surface area contributed by atoms with Gasteiger partial charge in [0.05, 0.1) is 13.7 Å². The molecule has 1 aliphatic heterocycles. The highest BCUT2D eigenvalue weighted by Gasteiger charge is 2.28. The van der Waals surface area contributed by atoms with Crippen LogP contribution in [0.1, 0.15) is 60.7 Å². The van der Waals surface area contributed by atoms with E-state index >= 15 is 0 Å². The number of piperidine rings is 1. The molecular formula is C23H32N4O4. The average Bonchev–Trinajstić information content (AvgIpc) is 3.46. The van der Waals surface area contributed by atoms with E-state index in [1.165, 1.54) is 25.7 Å². The number of benzene rings is 1. The molecule has 0 atom stereocenters. The summed E-state index contributed by atoms with van der Waals surface area (Å²) in [6.07, 6.45) is 7.64. The normalized spacial score (nSPS) is 18.3. The van der Waals surface area contributed by atoms with E-state index in [4.69, 9.17) is 13.9 Å². The number of carbonyl (C=O) groups excluding carboxylic acids is 1. The smallest absolute Gasteiger partial charge is 0.254 e. The third-order valence-corrected chi connectivity index (χ3v) is 6.31. The van der Waals surface area contributed by atoms with Gasteiger partial charge in [0.25, 0.3) is 5.91 Å². The standard InChI is InChI=1S/C23H32N4O4/c1-16-24-25-22(30-16)15-26(2)23(28)17-8-9-20(21(14-17)29-3)31-19-10-12-27(13-11-19)18-6-4-5-7-18/h8-9,14,18-19H,4-7,10-13,15H2,1-3H3. The number of rotatable bonds is 7. The lowest BCUT2D eigenvalue weighted by Crippen LogP contribution is -2.43. The molecule has 0 radical (unpaired) electrons. The zero-order valence-electron chi connectivity index (χ0n) is 18.7. The molecule has 8 heteroatoms. The van der Waals surface area contributed by atoms with Crippen LogP contribution in [0.15, 0.2) is 22.6 Å². The van der Waals surface area contributed by atoms with Crippen LogP contribution in [-0.4, -0.2) is 65.3 Å². The number of likely N-dealkylation sites (tertiary alicyclic amines) is 1. The van der Waals surface area contributed by atoms with E-state index in [-0.39, 0.29) is 18.6 Å². The quantitative estimate of drug-likeness (QED) is 0.668. The maximum absolute atomic E-state index is 12.8. The average molecular weight is 429 g/mol. The van der Waals surface area contributed by atoms with Gasteiger partial charge in [-0.3, -0.25) is 4.79 Å². The fourth-order valence-electron chi connectivity index (χ4n) is 4.60. The largest absolute Gasteiger partial charge is 0.493 e. The van der Waals surface area contributed by atoms with Crippen LogP contribution in [0.3, 0.4) is 0 Å². The number of hydrogen-bond donors (Lipinski definition) is 0. The van der Waals surface area contributed by atoms with Gasteiger partial charge in [-0.2, -0.15) is 0 Å². The fourth-order valence-corrected chi connectivity index (χ4v) is 4.60. The first-order valence-electron chi connectivity index (χ1n) is 11.2. The van der Waals surface area contributed by atoms with Crippen LogP contribution in [0.5, 0.6) is 11.5 Å². The number of aromatic nitrogens is 2. The van der Waals surface area contributed by atoms with E-state index in [2.05, 4.69) is 15.1 Å². The molecule has 1 saturated carbocycles. The minimum Gasteiger partial charge on any atom is -0.493 e. The van der Waals surface area contributed by atoms with Gasteiger partial charge in [-0.25, -0.2) is 0 Å². The molecular weight excluding hydrogens is 396 g/mol. The third-order valence-electron chi connectivity index (χ3n) is 6.31. The summed E-state index contributed by atoms with van der Waals surface area (Å²) in [5, 5.41) is 7.75. The Labute approximate surface area is 183 Å². The van der Waals surface area contributed by atoms with Gasteiger partial charge >= 0.3 is 0 Å². The van der Waals surface area contributed by atoms with Crippen molar-refractivity contribution in [2.75, 3.05) is 27.2 Å². The Bertz CT molecular complexity index is 885. The van der Waals surface area contributed by atoms with Crippen LogP contribution in [-0.2, 0) is 6.54 Å². The summed E-state index contributed by atoms with van der Waals surface area (Å²) in [5.74, 6) is 2.00. The molecule has 2 aromatic rings. The molecule has 1 aromatic heterocycles. The first kappa shape index (κ1) is 21.6. The van der Waals surface area contributed by atoms with Crippen molar-refractivity contribution in [1.29, 1.82) is 0 Å². The van der Waals surface area contributed by atoms with Crippen molar-refractivity contribution in [2.45, 2.75) is 64.1 Å². The molecule has 8 nitrogen and oxygen atoms in total. The molecule has 2 aliphatic rings. The molecule has 0 bridgehead atoms. The van der Waals surface area contributed by atoms with Gasteiger partial charge in [0, 0.05) is 38.7 Å². The molecule has 0 N–H and O–H groups in total. The Morgan fingerprint density at radius 3 is 2.55 bits per heavy atom. The molecule has 2 heterocycles. The van der Waals surface area contributed by atoms with Gasteiger partial charge in [-0.05, 0) is 43.9 Å². The van der Waals surface area contributed by atoms with Crippen LogP contribution in [0, 0.1) is 6.92 Å². The van der Waals surface area contributed by atoms with E-state index in [0.717, 1.165) is 32.0 Å². The molecule has 31 heavy (non-hydrogen) atoms. The summed E-state index contributed by atoms with van der Waals surface area (Å²) in [6.45, 7) is 4.16. The summed E-state index contributed by atoms with van der Waals surface area (Å²) in [4.78, 5) is 17.0. The number of carbonyl (C=O) groups is 1. The Kier molecular flexibility index (Phi) is 6.75. The molecule has 1 aromatic carbocycles. The SMILES string of the molecule is COc1cc(C(=O)N(C)Cc2nnc(C)o2)ccc1OC1CCN(C2CCCC2)CC1. The van der Waals surface area contributed by atoms with Gasteiger partial charge < -0.3 is 23.7 Å². The van der Waals surface area contributed by atoms with Gasteiger partial charge in [0.1, 0.15) is 6.10 Å². The number of ether oxygens (including phenoxy) is 2. The van der Waals surface area contributed by atoms with Gasteiger partial charge in [-0.1, -0.05) is 12.8 Å². The van der Waals surface area contributed by atoms with Crippen molar-refractivity contribution < 1.29 is 18.7 Å². The maximum atomic E-state index is 12.8. The molecule has 1 amide bonds.